The van der Waals surface area contributed by atoms with Crippen molar-refractivity contribution in [2.24, 2.45) is 0 Å². The molecule has 166 valence electrons. The molecule has 1 unspecified atom stereocenters. The second kappa shape index (κ2) is 11.1. The predicted octanol–water partition coefficient (Wildman–Crippen LogP) is 4.46. The topological polar surface area (TPSA) is 78.5 Å². The average Bonchev–Trinajstić information content (AvgIpc) is 2.79. The Morgan fingerprint density at radius 1 is 1.00 bits per heavy atom. The largest absolute Gasteiger partial charge is 0.550 e. The summed E-state index contributed by atoms with van der Waals surface area (Å²) in [6, 6.07) is 20.9. The fraction of sp³-hybridized carbons (Fsp3) is 0.231. The van der Waals surface area contributed by atoms with Crippen molar-refractivity contribution in [1.82, 2.24) is 5.32 Å². The molecule has 3 rings (SSSR count). The number of halogens is 1. The predicted molar refractivity (Wildman–Crippen MR) is 119 cm³/mol. The third-order valence-electron chi connectivity index (χ3n) is 5.21. The quantitative estimate of drug-likeness (QED) is 0.505. The number of hydrogen-bond donors (Lipinski definition) is 1. The Labute approximate surface area is 186 Å². The molecule has 1 N–H and O–H groups in total. The second-order valence-corrected chi connectivity index (χ2v) is 7.57. The molecule has 0 aliphatic rings. The van der Waals surface area contributed by atoms with Gasteiger partial charge in [-0.2, -0.15) is 0 Å². The van der Waals surface area contributed by atoms with E-state index in [4.69, 9.17) is 4.74 Å². The van der Waals surface area contributed by atoms with Gasteiger partial charge in [-0.05, 0) is 54.2 Å². The fourth-order valence-electron chi connectivity index (χ4n) is 3.33. The minimum absolute atomic E-state index is 0.283. The van der Waals surface area contributed by atoms with Crippen molar-refractivity contribution in [2.75, 3.05) is 6.54 Å². The Morgan fingerprint density at radius 3 is 2.50 bits per heavy atom. The maximum absolute atomic E-state index is 14.6. The highest BCUT2D eigenvalue weighted by Crippen LogP contribution is 2.28. The molecule has 3 aromatic rings. The summed E-state index contributed by atoms with van der Waals surface area (Å²) in [5.41, 5.74) is 2.39. The third kappa shape index (κ3) is 6.41. The highest BCUT2D eigenvalue weighted by atomic mass is 19.1. The zero-order valence-corrected chi connectivity index (χ0v) is 17.8. The highest BCUT2D eigenvalue weighted by Gasteiger charge is 2.12. The summed E-state index contributed by atoms with van der Waals surface area (Å²) < 4.78 is 19.9. The first kappa shape index (κ1) is 23.0. The molecule has 0 radical (unpaired) electrons. The molecule has 0 bridgehead atoms. The minimum atomic E-state index is -1.27. The van der Waals surface area contributed by atoms with Crippen molar-refractivity contribution in [3.05, 3.63) is 89.7 Å². The first-order valence-corrected chi connectivity index (χ1v) is 10.5. The van der Waals surface area contributed by atoms with Crippen LogP contribution in [0, 0.1) is 5.82 Å². The van der Waals surface area contributed by atoms with Crippen LogP contribution in [-0.2, 0) is 11.2 Å². The molecule has 3 aromatic carbocycles. The molecule has 6 heteroatoms. The summed E-state index contributed by atoms with van der Waals surface area (Å²) in [4.78, 5) is 23.1. The van der Waals surface area contributed by atoms with Gasteiger partial charge in [-0.3, -0.25) is 0 Å². The number of aryl methyl sites for hydroxylation is 1. The number of hydrogen-bond acceptors (Lipinski definition) is 4. The van der Waals surface area contributed by atoms with Crippen LogP contribution in [0.5, 0.6) is 5.75 Å². The van der Waals surface area contributed by atoms with Gasteiger partial charge in [0.15, 0.2) is 0 Å². The van der Waals surface area contributed by atoms with Crippen LogP contribution in [0.15, 0.2) is 72.8 Å². The highest BCUT2D eigenvalue weighted by molar-refractivity contribution is 5.75. The van der Waals surface area contributed by atoms with Gasteiger partial charge in [-0.25, -0.2) is 9.18 Å². The number of carbonyl (C=O) groups excluding carboxylic acids is 2. The Morgan fingerprint density at radius 2 is 1.78 bits per heavy atom. The van der Waals surface area contributed by atoms with Crippen molar-refractivity contribution in [3.63, 3.8) is 0 Å². The van der Waals surface area contributed by atoms with Crippen LogP contribution in [0.25, 0.3) is 11.1 Å². The van der Waals surface area contributed by atoms with E-state index in [1.165, 1.54) is 24.6 Å². The Balaban J connectivity index is 1.53. The molecular formula is C26H25FNO4-. The zero-order chi connectivity index (χ0) is 22.9. The van der Waals surface area contributed by atoms with Gasteiger partial charge in [0.2, 0.25) is 0 Å². The Bertz CT molecular complexity index is 1070. The summed E-state index contributed by atoms with van der Waals surface area (Å²) in [7, 11) is 0. The molecule has 0 aliphatic carbocycles. The maximum Gasteiger partial charge on any atom is 0.412 e. The lowest BCUT2D eigenvalue weighted by Gasteiger charge is -2.14. The van der Waals surface area contributed by atoms with Gasteiger partial charge in [0, 0.05) is 24.0 Å². The van der Waals surface area contributed by atoms with E-state index in [0.29, 0.717) is 17.7 Å². The Kier molecular flexibility index (Phi) is 7.97. The third-order valence-corrected chi connectivity index (χ3v) is 5.21. The van der Waals surface area contributed by atoms with E-state index in [2.05, 4.69) is 17.4 Å². The van der Waals surface area contributed by atoms with E-state index in [9.17, 15) is 19.1 Å². The van der Waals surface area contributed by atoms with Gasteiger partial charge >= 0.3 is 6.09 Å². The molecule has 0 heterocycles. The van der Waals surface area contributed by atoms with Crippen LogP contribution in [0.2, 0.25) is 0 Å². The molecule has 1 atom stereocenters. The molecule has 0 aliphatic heterocycles. The number of ether oxygens (including phenoxy) is 1. The number of amides is 1. The lowest BCUT2D eigenvalue weighted by atomic mass is 9.97. The van der Waals surface area contributed by atoms with E-state index < -0.39 is 23.8 Å². The molecule has 1 amide bonds. The van der Waals surface area contributed by atoms with Crippen LogP contribution < -0.4 is 15.2 Å². The van der Waals surface area contributed by atoms with Crippen LogP contribution in [0.1, 0.15) is 36.8 Å². The number of carboxylic acids is 1. The lowest BCUT2D eigenvalue weighted by Crippen LogP contribution is -2.28. The first-order valence-electron chi connectivity index (χ1n) is 10.5. The molecule has 32 heavy (non-hydrogen) atoms. The van der Waals surface area contributed by atoms with E-state index in [1.54, 1.807) is 30.3 Å². The van der Waals surface area contributed by atoms with Gasteiger partial charge in [0.05, 0.1) is 0 Å². The normalized spacial score (nSPS) is 11.6. The van der Waals surface area contributed by atoms with Crippen molar-refractivity contribution in [3.8, 4) is 16.9 Å². The second-order valence-electron chi connectivity index (χ2n) is 7.57. The van der Waals surface area contributed by atoms with Gasteiger partial charge in [-0.15, -0.1) is 0 Å². The van der Waals surface area contributed by atoms with Crippen LogP contribution in [0.3, 0.4) is 0 Å². The molecular weight excluding hydrogens is 409 g/mol. The molecule has 0 aromatic heterocycles. The Hall–Kier alpha value is -3.67. The summed E-state index contributed by atoms with van der Waals surface area (Å²) in [5.74, 6) is -2.45. The zero-order valence-electron chi connectivity index (χ0n) is 17.8. The molecule has 0 saturated heterocycles. The van der Waals surface area contributed by atoms with E-state index >= 15 is 0 Å². The fourth-order valence-corrected chi connectivity index (χ4v) is 3.33. The monoisotopic (exact) mass is 434 g/mol. The number of carboxylic acid groups (broad SMARTS) is 1. The molecule has 5 nitrogen and oxygen atoms in total. The SMILES string of the molecule is CC(C(=O)[O-])c1ccc(-c2cccc(OC(=O)NCCCCc3ccccc3)c2)c(F)c1. The van der Waals surface area contributed by atoms with Gasteiger partial charge in [0.1, 0.15) is 11.6 Å². The van der Waals surface area contributed by atoms with Crippen LogP contribution >= 0.6 is 0 Å². The summed E-state index contributed by atoms with van der Waals surface area (Å²) in [6.45, 7) is 1.94. The molecule has 0 saturated carbocycles. The number of rotatable bonds is 9. The van der Waals surface area contributed by atoms with Crippen molar-refractivity contribution < 1.29 is 23.8 Å². The van der Waals surface area contributed by atoms with Gasteiger partial charge < -0.3 is 20.0 Å². The van der Waals surface area contributed by atoms with E-state index in [0.717, 1.165) is 19.3 Å². The summed E-state index contributed by atoms with van der Waals surface area (Å²) in [5, 5.41) is 13.7. The van der Waals surface area contributed by atoms with Crippen LogP contribution in [0.4, 0.5) is 9.18 Å². The average molecular weight is 434 g/mol. The summed E-state index contributed by atoms with van der Waals surface area (Å²) in [6.07, 6.45) is 2.16. The molecule has 0 spiro atoms. The van der Waals surface area contributed by atoms with Crippen molar-refractivity contribution >= 4 is 12.1 Å². The molecule has 0 fully saturated rings. The van der Waals surface area contributed by atoms with E-state index in [-0.39, 0.29) is 11.3 Å². The van der Waals surface area contributed by atoms with Crippen molar-refractivity contribution in [1.29, 1.82) is 0 Å². The number of carbonyl (C=O) groups is 2. The summed E-state index contributed by atoms with van der Waals surface area (Å²) >= 11 is 0. The first-order chi connectivity index (χ1) is 15.4. The smallest absolute Gasteiger partial charge is 0.412 e. The maximum atomic E-state index is 14.6. The lowest BCUT2D eigenvalue weighted by molar-refractivity contribution is -0.307. The standard InChI is InChI=1S/C26H26FNO4/c1-18(25(29)30)20-13-14-23(24(27)17-20)21-11-7-12-22(16-21)32-26(31)28-15-6-5-10-19-8-3-2-4-9-19/h2-4,7-9,11-14,16-18H,5-6,10,15H2,1H3,(H,28,31)(H,29,30)/p-1. The van der Waals surface area contributed by atoms with E-state index in [1.807, 2.05) is 18.2 Å². The van der Waals surface area contributed by atoms with Gasteiger partial charge in [0.25, 0.3) is 0 Å². The van der Waals surface area contributed by atoms with Crippen LogP contribution in [-0.4, -0.2) is 18.6 Å². The van der Waals surface area contributed by atoms with Crippen molar-refractivity contribution in [2.45, 2.75) is 32.1 Å². The van der Waals surface area contributed by atoms with Gasteiger partial charge in [-0.1, -0.05) is 61.5 Å². The minimum Gasteiger partial charge on any atom is -0.550 e. The number of nitrogens with one attached hydrogen (secondary N) is 1. The number of unbranched alkanes of at least 4 members (excludes halogenated alkanes) is 1. The number of aliphatic carboxylic acids is 1. The number of benzene rings is 3.